The number of rotatable bonds is 10. The van der Waals surface area contributed by atoms with Crippen LogP contribution in [0.5, 0.6) is 0 Å². The fourth-order valence-electron chi connectivity index (χ4n) is 2.01. The highest BCUT2D eigenvalue weighted by atomic mass is 32.2. The van der Waals surface area contributed by atoms with Crippen molar-refractivity contribution in [3.05, 3.63) is 35.4 Å². The van der Waals surface area contributed by atoms with Gasteiger partial charge in [-0.3, -0.25) is 0 Å². The van der Waals surface area contributed by atoms with Crippen LogP contribution in [0.2, 0.25) is 0 Å². The van der Waals surface area contributed by atoms with Crippen molar-refractivity contribution >= 4 is 34.9 Å². The van der Waals surface area contributed by atoms with Crippen molar-refractivity contribution in [2.75, 3.05) is 12.4 Å². The van der Waals surface area contributed by atoms with Gasteiger partial charge in [0.15, 0.2) is 8.68 Å². The van der Waals surface area contributed by atoms with Crippen LogP contribution in [0.1, 0.15) is 50.2 Å². The Morgan fingerprint density at radius 2 is 1.70 bits per heavy atom. The molecule has 0 spiro atoms. The molecule has 126 valence electrons. The van der Waals surface area contributed by atoms with Gasteiger partial charge < -0.3 is 5.11 Å². The molecule has 2 rings (SSSR count). The molecule has 0 fully saturated rings. The van der Waals surface area contributed by atoms with Crippen LogP contribution in [0.15, 0.2) is 32.9 Å². The molecule has 1 N–H and O–H groups in total. The summed E-state index contributed by atoms with van der Waals surface area (Å²) < 4.78 is 2.09. The molecule has 0 aliphatic carbocycles. The van der Waals surface area contributed by atoms with Gasteiger partial charge in [0.25, 0.3) is 0 Å². The molecule has 0 atom stereocenters. The number of aliphatic hydroxyl groups is 1. The van der Waals surface area contributed by atoms with Gasteiger partial charge in [-0.2, -0.15) is 0 Å². The minimum absolute atomic E-state index is 0.294. The first kappa shape index (κ1) is 18.8. The van der Waals surface area contributed by atoms with E-state index in [1.807, 2.05) is 0 Å². The third-order valence-corrected chi connectivity index (χ3v) is 6.77. The molecule has 0 amide bonds. The summed E-state index contributed by atoms with van der Waals surface area (Å²) >= 11 is 5.20. The molecule has 0 aliphatic heterocycles. The molecular formula is C17H24N2OS3. The van der Waals surface area contributed by atoms with Gasteiger partial charge in [-0.15, -0.1) is 10.2 Å². The predicted molar refractivity (Wildman–Crippen MR) is 102 cm³/mol. The number of unbranched alkanes of at least 4 members (excludes halogenated alkanes) is 2. The van der Waals surface area contributed by atoms with Gasteiger partial charge in [-0.1, -0.05) is 79.4 Å². The van der Waals surface area contributed by atoms with Crippen molar-refractivity contribution in [2.24, 2.45) is 0 Å². The molecule has 0 radical (unpaired) electrons. The molecule has 6 heteroatoms. The maximum Gasteiger partial charge on any atom is 0.175 e. The van der Waals surface area contributed by atoms with E-state index in [1.165, 1.54) is 11.1 Å². The highest BCUT2D eigenvalue weighted by Gasteiger charge is 2.06. The van der Waals surface area contributed by atoms with E-state index >= 15 is 0 Å². The lowest BCUT2D eigenvalue weighted by Gasteiger charge is -2.05. The zero-order valence-corrected chi connectivity index (χ0v) is 16.1. The zero-order chi connectivity index (χ0) is 16.5. The molecule has 0 saturated heterocycles. The summed E-state index contributed by atoms with van der Waals surface area (Å²) in [6, 6.07) is 8.85. The van der Waals surface area contributed by atoms with Crippen LogP contribution < -0.4 is 0 Å². The third-order valence-electron chi connectivity index (χ3n) is 3.42. The Labute approximate surface area is 151 Å². The van der Waals surface area contributed by atoms with Crippen molar-refractivity contribution in [1.29, 1.82) is 0 Å². The lowest BCUT2D eigenvalue weighted by Crippen LogP contribution is -1.87. The minimum Gasteiger partial charge on any atom is -0.396 e. The summed E-state index contributed by atoms with van der Waals surface area (Å²) in [5.41, 5.74) is 2.71. The number of aromatic nitrogens is 2. The summed E-state index contributed by atoms with van der Waals surface area (Å²) in [6.45, 7) is 4.73. The fourth-order valence-corrected chi connectivity index (χ4v) is 5.05. The van der Waals surface area contributed by atoms with Gasteiger partial charge in [-0.25, -0.2) is 0 Å². The predicted octanol–water partition coefficient (Wildman–Crippen LogP) is 5.21. The first-order valence-electron chi connectivity index (χ1n) is 7.98. The summed E-state index contributed by atoms with van der Waals surface area (Å²) in [4.78, 5) is 0. The molecule has 1 heterocycles. The highest BCUT2D eigenvalue weighted by Crippen LogP contribution is 2.31. The monoisotopic (exact) mass is 368 g/mol. The van der Waals surface area contributed by atoms with Crippen LogP contribution in [0, 0.1) is 0 Å². The van der Waals surface area contributed by atoms with Gasteiger partial charge in [-0.05, 0) is 29.9 Å². The van der Waals surface area contributed by atoms with Crippen LogP contribution >= 0.6 is 34.9 Å². The van der Waals surface area contributed by atoms with Crippen molar-refractivity contribution in [3.8, 4) is 0 Å². The molecule has 0 bridgehead atoms. The Bertz CT molecular complexity index is 569. The van der Waals surface area contributed by atoms with E-state index in [0.717, 1.165) is 39.4 Å². The summed E-state index contributed by atoms with van der Waals surface area (Å²) in [5.74, 6) is 2.57. The molecule has 0 unspecified atom stereocenters. The van der Waals surface area contributed by atoms with E-state index < -0.39 is 0 Å². The SMILES string of the molecule is CC(C)c1ccc(CSc2nnc(SCCCCCO)s2)cc1. The molecule has 1 aromatic heterocycles. The summed E-state index contributed by atoms with van der Waals surface area (Å²) in [6.07, 6.45) is 3.10. The van der Waals surface area contributed by atoms with Crippen LogP contribution in [0.25, 0.3) is 0 Å². The average molecular weight is 369 g/mol. The maximum absolute atomic E-state index is 8.75. The second-order valence-corrected chi connectivity index (χ2v) is 9.19. The number of hydrogen-bond acceptors (Lipinski definition) is 6. The lowest BCUT2D eigenvalue weighted by molar-refractivity contribution is 0.284. The molecule has 2 aromatic rings. The molecule has 23 heavy (non-hydrogen) atoms. The van der Waals surface area contributed by atoms with Gasteiger partial charge in [0.1, 0.15) is 0 Å². The Balaban J connectivity index is 1.73. The van der Waals surface area contributed by atoms with Crippen LogP contribution in [-0.2, 0) is 5.75 Å². The maximum atomic E-state index is 8.75. The second-order valence-electron chi connectivity index (χ2n) is 5.65. The van der Waals surface area contributed by atoms with Crippen LogP contribution in [0.3, 0.4) is 0 Å². The van der Waals surface area contributed by atoms with E-state index in [-0.39, 0.29) is 0 Å². The van der Waals surface area contributed by atoms with E-state index in [2.05, 4.69) is 48.3 Å². The molecule has 0 saturated carbocycles. The normalized spacial score (nSPS) is 11.3. The number of nitrogens with zero attached hydrogens (tertiary/aromatic N) is 2. The number of thioether (sulfide) groups is 2. The highest BCUT2D eigenvalue weighted by molar-refractivity contribution is 8.02. The molecule has 0 aliphatic rings. The average Bonchev–Trinajstić information content (AvgIpc) is 3.01. The topological polar surface area (TPSA) is 46.0 Å². The zero-order valence-electron chi connectivity index (χ0n) is 13.7. The standard InChI is InChI=1S/C17H24N2OS3/c1-13(2)15-8-6-14(7-9-15)12-22-17-19-18-16(23-17)21-11-5-3-4-10-20/h6-9,13,20H,3-5,10-12H2,1-2H3. The van der Waals surface area contributed by atoms with Crippen molar-refractivity contribution in [1.82, 2.24) is 10.2 Å². The van der Waals surface area contributed by atoms with E-state index in [4.69, 9.17) is 5.11 Å². The van der Waals surface area contributed by atoms with Crippen molar-refractivity contribution < 1.29 is 5.11 Å². The minimum atomic E-state index is 0.294. The van der Waals surface area contributed by atoms with Crippen LogP contribution in [-0.4, -0.2) is 27.7 Å². The fraction of sp³-hybridized carbons (Fsp3) is 0.529. The number of hydrogen-bond donors (Lipinski definition) is 1. The lowest BCUT2D eigenvalue weighted by atomic mass is 10.0. The van der Waals surface area contributed by atoms with Gasteiger partial charge in [0, 0.05) is 18.1 Å². The quantitative estimate of drug-likeness (QED) is 0.461. The van der Waals surface area contributed by atoms with Crippen LogP contribution in [0.4, 0.5) is 0 Å². The molecule has 3 nitrogen and oxygen atoms in total. The second kappa shape index (κ2) is 10.3. The van der Waals surface area contributed by atoms with Gasteiger partial charge in [0.2, 0.25) is 0 Å². The Morgan fingerprint density at radius 3 is 2.35 bits per heavy atom. The first-order chi connectivity index (χ1) is 11.2. The Morgan fingerprint density at radius 1 is 1.00 bits per heavy atom. The van der Waals surface area contributed by atoms with E-state index in [9.17, 15) is 0 Å². The van der Waals surface area contributed by atoms with Gasteiger partial charge >= 0.3 is 0 Å². The first-order valence-corrected chi connectivity index (χ1v) is 10.8. The van der Waals surface area contributed by atoms with E-state index in [0.29, 0.717) is 12.5 Å². The summed E-state index contributed by atoms with van der Waals surface area (Å²) in [5, 5.41) is 17.3. The number of aliphatic hydroxyl groups excluding tert-OH is 1. The third kappa shape index (κ3) is 6.83. The largest absolute Gasteiger partial charge is 0.396 e. The number of benzene rings is 1. The molecule has 1 aromatic carbocycles. The Hall–Kier alpha value is -0.560. The smallest absolute Gasteiger partial charge is 0.175 e. The Kier molecular flexibility index (Phi) is 8.44. The molecular weight excluding hydrogens is 344 g/mol. The van der Waals surface area contributed by atoms with Gasteiger partial charge in [0.05, 0.1) is 0 Å². The van der Waals surface area contributed by atoms with Crippen molar-refractivity contribution in [2.45, 2.75) is 53.5 Å². The van der Waals surface area contributed by atoms with E-state index in [1.54, 1.807) is 34.9 Å². The van der Waals surface area contributed by atoms with Crippen molar-refractivity contribution in [3.63, 3.8) is 0 Å². The summed E-state index contributed by atoms with van der Waals surface area (Å²) in [7, 11) is 0.